The van der Waals surface area contributed by atoms with Gasteiger partial charge in [-0.3, -0.25) is 4.79 Å². The highest BCUT2D eigenvalue weighted by atomic mass is 35.5. The van der Waals surface area contributed by atoms with Gasteiger partial charge in [0.25, 0.3) is 0 Å². The molecule has 0 unspecified atom stereocenters. The van der Waals surface area contributed by atoms with Gasteiger partial charge in [-0.25, -0.2) is 0 Å². The minimum absolute atomic E-state index is 0.102. The van der Waals surface area contributed by atoms with Gasteiger partial charge in [-0.2, -0.15) is 0 Å². The van der Waals surface area contributed by atoms with E-state index < -0.39 is 0 Å². The quantitative estimate of drug-likeness (QED) is 0.723. The zero-order valence-electron chi connectivity index (χ0n) is 14.3. The van der Waals surface area contributed by atoms with Crippen LogP contribution in [0.5, 0.6) is 0 Å². The van der Waals surface area contributed by atoms with Crippen molar-refractivity contribution in [2.24, 2.45) is 5.92 Å². The zero-order chi connectivity index (χ0) is 17.5. The summed E-state index contributed by atoms with van der Waals surface area (Å²) in [6, 6.07) is 17.8. The first-order valence-corrected chi connectivity index (χ1v) is 8.58. The van der Waals surface area contributed by atoms with Crippen molar-refractivity contribution in [3.8, 4) is 0 Å². The second kappa shape index (κ2) is 8.86. The summed E-state index contributed by atoms with van der Waals surface area (Å²) < 4.78 is 5.01. The van der Waals surface area contributed by atoms with E-state index in [1.54, 1.807) is 0 Å². The number of rotatable bonds is 7. The van der Waals surface area contributed by atoms with Crippen molar-refractivity contribution < 1.29 is 9.53 Å². The Morgan fingerprint density at radius 3 is 2.25 bits per heavy atom. The number of methoxy groups -OCH3 is 1. The van der Waals surface area contributed by atoms with Gasteiger partial charge in [-0.15, -0.1) is 0 Å². The predicted octanol–water partition coefficient (Wildman–Crippen LogP) is 4.93. The molecule has 0 heterocycles. The maximum atomic E-state index is 12.3. The first-order valence-electron chi connectivity index (χ1n) is 8.21. The lowest BCUT2D eigenvalue weighted by atomic mass is 9.89. The summed E-state index contributed by atoms with van der Waals surface area (Å²) in [6.07, 6.45) is 0.689. The van der Waals surface area contributed by atoms with Crippen molar-refractivity contribution in [3.05, 3.63) is 70.7 Å². The number of carbonyl (C=O) groups excluding carboxylic acids is 1. The van der Waals surface area contributed by atoms with Crippen LogP contribution in [0.25, 0.3) is 0 Å². The van der Waals surface area contributed by atoms with Gasteiger partial charge in [0.1, 0.15) is 0 Å². The summed E-state index contributed by atoms with van der Waals surface area (Å²) in [6.45, 7) is 4.10. The summed E-state index contributed by atoms with van der Waals surface area (Å²) in [4.78, 5) is 12.3. The van der Waals surface area contributed by atoms with E-state index in [4.69, 9.17) is 16.3 Å². The lowest BCUT2D eigenvalue weighted by Gasteiger charge is -2.29. The Labute approximate surface area is 149 Å². The maximum Gasteiger partial charge on any atom is 0.310 e. The molecule has 0 aliphatic rings. The van der Waals surface area contributed by atoms with Crippen molar-refractivity contribution in [2.45, 2.75) is 32.4 Å². The molecule has 2 aromatic carbocycles. The minimum atomic E-state index is -0.262. The fraction of sp³-hybridized carbons (Fsp3) is 0.350. The molecule has 2 aromatic rings. The molecule has 3 nitrogen and oxygen atoms in total. The molecular formula is C20H24ClNO2. The van der Waals surface area contributed by atoms with Gasteiger partial charge in [0.05, 0.1) is 13.0 Å². The molecule has 0 aliphatic heterocycles. The largest absolute Gasteiger partial charge is 0.469 e. The number of nitrogens with one attached hydrogen (secondary N) is 1. The van der Waals surface area contributed by atoms with Crippen LogP contribution in [-0.2, 0) is 9.53 Å². The lowest BCUT2D eigenvalue weighted by Crippen LogP contribution is -2.35. The fourth-order valence-corrected chi connectivity index (χ4v) is 3.04. The second-order valence-electron chi connectivity index (χ2n) is 5.87. The molecule has 0 amide bonds. The van der Waals surface area contributed by atoms with E-state index in [1.807, 2.05) is 49.4 Å². The minimum Gasteiger partial charge on any atom is -0.469 e. The smallest absolute Gasteiger partial charge is 0.310 e. The van der Waals surface area contributed by atoms with Crippen LogP contribution in [0.1, 0.15) is 43.5 Å². The Hall–Kier alpha value is -1.84. The van der Waals surface area contributed by atoms with Gasteiger partial charge in [-0.1, -0.05) is 61.0 Å². The van der Waals surface area contributed by atoms with Gasteiger partial charge < -0.3 is 10.1 Å². The van der Waals surface area contributed by atoms with Crippen molar-refractivity contribution in [2.75, 3.05) is 7.11 Å². The number of ether oxygens (including phenoxy) is 1. The van der Waals surface area contributed by atoms with Crippen LogP contribution in [0.15, 0.2) is 54.6 Å². The number of halogens is 1. The normalized spacial score (nSPS) is 14.7. The Morgan fingerprint density at radius 1 is 1.08 bits per heavy atom. The molecule has 0 aliphatic carbocycles. The fourth-order valence-electron chi connectivity index (χ4n) is 2.91. The van der Waals surface area contributed by atoms with Crippen LogP contribution in [-0.4, -0.2) is 13.1 Å². The van der Waals surface area contributed by atoms with Crippen molar-refractivity contribution in [3.63, 3.8) is 0 Å². The number of esters is 1. The summed E-state index contributed by atoms with van der Waals surface area (Å²) in [5, 5.41) is 4.27. The highest BCUT2D eigenvalue weighted by molar-refractivity contribution is 6.30. The number of benzene rings is 2. The third-order valence-corrected chi connectivity index (χ3v) is 4.56. The predicted molar refractivity (Wildman–Crippen MR) is 98.0 cm³/mol. The van der Waals surface area contributed by atoms with Gasteiger partial charge >= 0.3 is 5.97 Å². The van der Waals surface area contributed by atoms with Crippen molar-refractivity contribution in [1.82, 2.24) is 5.32 Å². The topological polar surface area (TPSA) is 38.3 Å². The van der Waals surface area contributed by atoms with Crippen LogP contribution in [0.2, 0.25) is 5.02 Å². The van der Waals surface area contributed by atoms with E-state index in [-0.39, 0.29) is 24.0 Å². The number of hydrogen-bond acceptors (Lipinski definition) is 3. The zero-order valence-corrected chi connectivity index (χ0v) is 15.1. The van der Waals surface area contributed by atoms with Gasteiger partial charge in [0.15, 0.2) is 0 Å². The van der Waals surface area contributed by atoms with Gasteiger partial charge in [0, 0.05) is 17.1 Å². The maximum absolute atomic E-state index is 12.3. The average Bonchev–Trinajstić information content (AvgIpc) is 2.62. The van der Waals surface area contributed by atoms with E-state index >= 15 is 0 Å². The average molecular weight is 346 g/mol. The molecule has 0 aromatic heterocycles. The third kappa shape index (κ3) is 4.59. The van der Waals surface area contributed by atoms with Crippen LogP contribution < -0.4 is 5.32 Å². The summed E-state index contributed by atoms with van der Waals surface area (Å²) >= 11 is 6.01. The molecule has 0 spiro atoms. The van der Waals surface area contributed by atoms with Crippen LogP contribution >= 0.6 is 11.6 Å². The Kier molecular flexibility index (Phi) is 6.83. The van der Waals surface area contributed by atoms with Crippen molar-refractivity contribution in [1.29, 1.82) is 0 Å². The summed E-state index contributed by atoms with van der Waals surface area (Å²) in [5.41, 5.74) is 2.20. The molecule has 24 heavy (non-hydrogen) atoms. The molecule has 0 radical (unpaired) electrons. The Balaban J connectivity index is 2.31. The van der Waals surface area contributed by atoms with E-state index in [9.17, 15) is 4.79 Å². The monoisotopic (exact) mass is 345 g/mol. The molecule has 0 fully saturated rings. The highest BCUT2D eigenvalue weighted by Crippen LogP contribution is 2.30. The van der Waals surface area contributed by atoms with Crippen LogP contribution in [0, 0.1) is 5.92 Å². The first-order chi connectivity index (χ1) is 11.6. The Morgan fingerprint density at radius 2 is 1.71 bits per heavy atom. The van der Waals surface area contributed by atoms with Gasteiger partial charge in [0.2, 0.25) is 0 Å². The number of carbonyl (C=O) groups is 1. The SMILES string of the molecule is CC[C@H](C(=O)OC)[C@H](N[C@H](C)c1ccccc1)c1ccc(Cl)cc1. The summed E-state index contributed by atoms with van der Waals surface area (Å²) in [5.74, 6) is -0.465. The molecule has 2 rings (SSSR count). The third-order valence-electron chi connectivity index (χ3n) is 4.30. The highest BCUT2D eigenvalue weighted by Gasteiger charge is 2.30. The summed E-state index contributed by atoms with van der Waals surface area (Å²) in [7, 11) is 1.44. The molecule has 0 bridgehead atoms. The van der Waals surface area contributed by atoms with E-state index in [1.165, 1.54) is 12.7 Å². The molecule has 1 N–H and O–H groups in total. The van der Waals surface area contributed by atoms with E-state index in [2.05, 4.69) is 24.4 Å². The first kappa shape index (κ1) is 18.5. The molecule has 0 saturated heterocycles. The standard InChI is InChI=1S/C20H24ClNO2/c1-4-18(20(23)24-3)19(16-10-12-17(21)13-11-16)22-14(2)15-8-6-5-7-9-15/h5-14,18-19,22H,4H2,1-3H3/t14-,18+,19-/m1/s1. The van der Waals surface area contributed by atoms with E-state index in [0.717, 1.165) is 5.56 Å². The molecule has 128 valence electrons. The molecular weight excluding hydrogens is 322 g/mol. The molecule has 4 heteroatoms. The molecule has 3 atom stereocenters. The molecule has 0 saturated carbocycles. The number of hydrogen-bond donors (Lipinski definition) is 1. The van der Waals surface area contributed by atoms with Crippen molar-refractivity contribution >= 4 is 17.6 Å². The van der Waals surface area contributed by atoms with E-state index in [0.29, 0.717) is 11.4 Å². The second-order valence-corrected chi connectivity index (χ2v) is 6.30. The lowest BCUT2D eigenvalue weighted by molar-refractivity contribution is -0.146. The van der Waals surface area contributed by atoms with Crippen LogP contribution in [0.3, 0.4) is 0 Å². The van der Waals surface area contributed by atoms with Crippen LogP contribution in [0.4, 0.5) is 0 Å². The Bertz CT molecular complexity index is 642. The van der Waals surface area contributed by atoms with Gasteiger partial charge in [-0.05, 0) is 36.6 Å².